The monoisotopic (exact) mass is 280 g/mol. The van der Waals surface area contributed by atoms with Crippen LogP contribution in [0.25, 0.3) is 0 Å². The summed E-state index contributed by atoms with van der Waals surface area (Å²) in [5.41, 5.74) is -2.55. The molecule has 0 spiro atoms. The van der Waals surface area contributed by atoms with Crippen molar-refractivity contribution in [2.45, 2.75) is 0 Å². The molecular formula is C10H7F3O6. The van der Waals surface area contributed by atoms with Crippen molar-refractivity contribution in [3.8, 4) is 5.75 Å². The van der Waals surface area contributed by atoms with E-state index in [2.05, 4.69) is 14.4 Å². The Labute approximate surface area is 104 Å². The number of hydrogen-bond acceptors (Lipinski definition) is 6. The zero-order valence-electron chi connectivity index (χ0n) is 9.62. The molecular weight excluding hydrogens is 273 g/mol. The summed E-state index contributed by atoms with van der Waals surface area (Å²) in [7, 11) is 1.64. The second-order valence-corrected chi connectivity index (χ2v) is 3.10. The molecule has 6 nitrogen and oxygen atoms in total. The van der Waals surface area contributed by atoms with Gasteiger partial charge in [-0.1, -0.05) is 0 Å². The normalized spacial score (nSPS) is 10.0. The summed E-state index contributed by atoms with van der Waals surface area (Å²) >= 11 is 0. The van der Waals surface area contributed by atoms with Crippen molar-refractivity contribution < 1.29 is 42.4 Å². The summed E-state index contributed by atoms with van der Waals surface area (Å²) in [6, 6.07) is 0. The van der Waals surface area contributed by atoms with Gasteiger partial charge in [-0.25, -0.2) is 23.6 Å². The highest BCUT2D eigenvalue weighted by Gasteiger charge is 2.34. The van der Waals surface area contributed by atoms with Crippen molar-refractivity contribution in [3.63, 3.8) is 0 Å². The molecule has 0 fully saturated rings. The molecule has 0 aromatic heterocycles. The molecule has 0 bridgehead atoms. The lowest BCUT2D eigenvalue weighted by molar-refractivity contribution is -0.143. The van der Waals surface area contributed by atoms with Crippen LogP contribution in [0.4, 0.5) is 13.2 Å². The highest BCUT2D eigenvalue weighted by molar-refractivity contribution is 6.04. The van der Waals surface area contributed by atoms with E-state index in [1.54, 1.807) is 0 Å². The summed E-state index contributed by atoms with van der Waals surface area (Å²) in [6.07, 6.45) is 0. The van der Waals surface area contributed by atoms with Crippen molar-refractivity contribution in [2.24, 2.45) is 0 Å². The minimum atomic E-state index is -1.99. The fourth-order valence-corrected chi connectivity index (χ4v) is 1.31. The summed E-state index contributed by atoms with van der Waals surface area (Å²) in [5.74, 6) is -10.3. The Morgan fingerprint density at radius 2 is 1.32 bits per heavy atom. The number of carbonyl (C=O) groups is 2. The van der Waals surface area contributed by atoms with Gasteiger partial charge in [0.1, 0.15) is 11.1 Å². The third kappa shape index (κ3) is 2.32. The van der Waals surface area contributed by atoms with Crippen LogP contribution in [0.3, 0.4) is 0 Å². The first-order valence-corrected chi connectivity index (χ1v) is 4.59. The van der Waals surface area contributed by atoms with Crippen LogP contribution >= 0.6 is 0 Å². The average Bonchev–Trinajstić information content (AvgIpc) is 2.41. The maximum atomic E-state index is 13.7. The molecule has 19 heavy (non-hydrogen) atoms. The largest absolute Gasteiger partial charge is 0.465 e. The third-order valence-electron chi connectivity index (χ3n) is 2.15. The second kappa shape index (κ2) is 5.57. The van der Waals surface area contributed by atoms with Gasteiger partial charge < -0.3 is 14.4 Å². The van der Waals surface area contributed by atoms with Crippen LogP contribution in [0, 0.1) is 17.5 Å². The first kappa shape index (κ1) is 14.8. The van der Waals surface area contributed by atoms with E-state index < -0.39 is 46.3 Å². The second-order valence-electron chi connectivity index (χ2n) is 3.10. The van der Waals surface area contributed by atoms with Gasteiger partial charge >= 0.3 is 11.9 Å². The van der Waals surface area contributed by atoms with Crippen molar-refractivity contribution in [1.82, 2.24) is 0 Å². The number of rotatable bonds is 3. The third-order valence-corrected chi connectivity index (χ3v) is 2.15. The molecule has 0 radical (unpaired) electrons. The highest BCUT2D eigenvalue weighted by Crippen LogP contribution is 2.31. The molecule has 0 atom stereocenters. The standard InChI is InChI=1S/C10H7F3O6/c1-17-9(14)3-4(10(15)18-2)6(12)8(19-16)7(13)5(3)11/h16H,1-2H3. The van der Waals surface area contributed by atoms with E-state index in [0.717, 1.165) is 14.2 Å². The summed E-state index contributed by atoms with van der Waals surface area (Å²) in [6.45, 7) is 0. The molecule has 1 aromatic carbocycles. The molecule has 0 aliphatic heterocycles. The number of methoxy groups -OCH3 is 2. The highest BCUT2D eigenvalue weighted by atomic mass is 19.2. The topological polar surface area (TPSA) is 82.1 Å². The lowest BCUT2D eigenvalue weighted by Gasteiger charge is -2.11. The molecule has 0 unspecified atom stereocenters. The van der Waals surface area contributed by atoms with Gasteiger partial charge in [0, 0.05) is 0 Å². The molecule has 1 N–H and O–H groups in total. The molecule has 0 saturated heterocycles. The van der Waals surface area contributed by atoms with Gasteiger partial charge in [-0.3, -0.25) is 0 Å². The number of carbonyl (C=O) groups excluding carboxylic acids is 2. The minimum absolute atomic E-state index is 0.815. The molecule has 9 heteroatoms. The predicted molar refractivity (Wildman–Crippen MR) is 52.3 cm³/mol. The van der Waals surface area contributed by atoms with E-state index in [-0.39, 0.29) is 0 Å². The molecule has 0 heterocycles. The van der Waals surface area contributed by atoms with Crippen molar-refractivity contribution in [1.29, 1.82) is 0 Å². The Kier molecular flexibility index (Phi) is 4.33. The molecule has 0 amide bonds. The van der Waals surface area contributed by atoms with Crippen LogP contribution in [0.15, 0.2) is 0 Å². The summed E-state index contributed by atoms with van der Waals surface area (Å²) in [5, 5.41) is 8.27. The molecule has 0 saturated carbocycles. The fraction of sp³-hybridized carbons (Fsp3) is 0.200. The number of benzene rings is 1. The Balaban J connectivity index is 3.79. The lowest BCUT2D eigenvalue weighted by Crippen LogP contribution is -2.19. The van der Waals surface area contributed by atoms with Crippen LogP contribution in [0.2, 0.25) is 0 Å². The zero-order chi connectivity index (χ0) is 14.7. The van der Waals surface area contributed by atoms with Gasteiger partial charge in [0.15, 0.2) is 11.6 Å². The quantitative estimate of drug-likeness (QED) is 0.391. The summed E-state index contributed by atoms with van der Waals surface area (Å²) in [4.78, 5) is 25.9. The van der Waals surface area contributed by atoms with E-state index >= 15 is 0 Å². The van der Waals surface area contributed by atoms with Crippen molar-refractivity contribution in [3.05, 3.63) is 28.6 Å². The van der Waals surface area contributed by atoms with E-state index in [9.17, 15) is 22.8 Å². The Hall–Kier alpha value is -2.29. The zero-order valence-corrected chi connectivity index (χ0v) is 9.62. The first-order chi connectivity index (χ1) is 8.90. The van der Waals surface area contributed by atoms with E-state index in [4.69, 9.17) is 5.26 Å². The Bertz CT molecular complexity index is 543. The number of halogens is 3. The molecule has 0 aliphatic rings. The maximum Gasteiger partial charge on any atom is 0.342 e. The number of hydrogen-bond donors (Lipinski definition) is 1. The van der Waals surface area contributed by atoms with E-state index in [0.29, 0.717) is 0 Å². The van der Waals surface area contributed by atoms with Gasteiger partial charge in [0.2, 0.25) is 11.6 Å². The Morgan fingerprint density at radius 1 is 0.895 bits per heavy atom. The average molecular weight is 280 g/mol. The van der Waals surface area contributed by atoms with E-state index in [1.807, 2.05) is 0 Å². The molecule has 1 rings (SSSR count). The SMILES string of the molecule is COC(=O)c1c(F)c(F)c(OO)c(F)c1C(=O)OC. The minimum Gasteiger partial charge on any atom is -0.465 e. The van der Waals surface area contributed by atoms with Crippen LogP contribution in [0.1, 0.15) is 20.7 Å². The van der Waals surface area contributed by atoms with Crippen LogP contribution in [0.5, 0.6) is 5.75 Å². The van der Waals surface area contributed by atoms with Crippen LogP contribution in [-0.2, 0) is 9.47 Å². The predicted octanol–water partition coefficient (Wildman–Crippen LogP) is 1.53. The number of ether oxygens (including phenoxy) is 2. The first-order valence-electron chi connectivity index (χ1n) is 4.59. The van der Waals surface area contributed by atoms with Gasteiger partial charge in [0.05, 0.1) is 14.2 Å². The van der Waals surface area contributed by atoms with Crippen molar-refractivity contribution >= 4 is 11.9 Å². The van der Waals surface area contributed by atoms with Crippen molar-refractivity contribution in [2.75, 3.05) is 14.2 Å². The van der Waals surface area contributed by atoms with Gasteiger partial charge in [0.25, 0.3) is 0 Å². The summed E-state index contributed by atoms with van der Waals surface area (Å²) < 4.78 is 48.8. The van der Waals surface area contributed by atoms with Gasteiger partial charge in [-0.05, 0) is 0 Å². The maximum absolute atomic E-state index is 13.7. The molecule has 1 aromatic rings. The smallest absolute Gasteiger partial charge is 0.342 e. The van der Waals surface area contributed by atoms with Gasteiger partial charge in [-0.15, -0.1) is 0 Å². The lowest BCUT2D eigenvalue weighted by atomic mass is 10.0. The molecule has 104 valence electrons. The van der Waals surface area contributed by atoms with Crippen LogP contribution < -0.4 is 4.89 Å². The number of esters is 2. The Morgan fingerprint density at radius 3 is 1.68 bits per heavy atom. The van der Waals surface area contributed by atoms with E-state index in [1.165, 1.54) is 0 Å². The van der Waals surface area contributed by atoms with Gasteiger partial charge in [-0.2, -0.15) is 4.39 Å². The fourth-order valence-electron chi connectivity index (χ4n) is 1.31. The molecule has 0 aliphatic carbocycles. The van der Waals surface area contributed by atoms with Crippen LogP contribution in [-0.4, -0.2) is 31.4 Å².